The lowest BCUT2D eigenvalue weighted by molar-refractivity contribution is -0.129. The van der Waals surface area contributed by atoms with Gasteiger partial charge in [-0.1, -0.05) is 120 Å². The Morgan fingerprint density at radius 2 is 1.60 bits per heavy atom. The maximum absolute atomic E-state index is 13.2. The minimum atomic E-state index is 0.251. The Hall–Kier alpha value is -2.16. The van der Waals surface area contributed by atoms with Crippen LogP contribution in [-0.4, -0.2) is 49.3 Å². The number of benzene rings is 1. The summed E-state index contributed by atoms with van der Waals surface area (Å²) < 4.78 is 2.14. The maximum Gasteiger partial charge on any atom is 0.232 e. The molecule has 0 spiro atoms. The highest BCUT2D eigenvalue weighted by atomic mass is 35.5. The number of fused-ring (bicyclic) bond motifs is 5. The number of hydrogen-bond acceptors (Lipinski definition) is 6. The molecular weight excluding hydrogens is 618 g/mol. The van der Waals surface area contributed by atoms with E-state index in [-0.39, 0.29) is 5.91 Å². The molecule has 244 valence electrons. The first kappa shape index (κ1) is 34.2. The number of nitrogens with zero attached hydrogens (tertiary/aromatic N) is 5. The number of aryl methyl sites for hydroxylation is 1. The summed E-state index contributed by atoms with van der Waals surface area (Å²) in [5, 5.41) is 10.6. The van der Waals surface area contributed by atoms with Crippen LogP contribution in [-0.2, 0) is 24.3 Å². The van der Waals surface area contributed by atoms with Gasteiger partial charge in [0.05, 0.1) is 18.0 Å². The first-order chi connectivity index (χ1) is 22.1. The number of unbranched alkanes of at least 4 members (excludes halogenated alkanes) is 13. The number of thioether (sulfide) groups is 1. The summed E-state index contributed by atoms with van der Waals surface area (Å²) in [6.07, 6.45) is 20.1. The van der Waals surface area contributed by atoms with Crippen molar-refractivity contribution in [1.82, 2.24) is 19.7 Å². The number of carbonyl (C=O) groups excluding carboxylic acids is 1. The molecule has 1 aromatic carbocycles. The van der Waals surface area contributed by atoms with Gasteiger partial charge >= 0.3 is 0 Å². The van der Waals surface area contributed by atoms with Crippen molar-refractivity contribution in [1.29, 1.82) is 0 Å². The molecule has 2 aromatic heterocycles. The number of carbonyl (C=O) groups is 1. The standard InChI is InChI=1S/C36H50ClN5OS2/c1-3-4-5-6-7-8-9-10-11-12-13-14-15-18-23-44-26-33(43)41-22-21-29-31(25-41)45-36-34(29)35(28-19-16-17-20-30(28)37)38-24-32-40-39-27(2)42(32)36/h16-17,19-20H,3-15,18,21-26H2,1-2H3. The van der Waals surface area contributed by atoms with Gasteiger partial charge in [-0.2, -0.15) is 11.8 Å². The molecule has 6 nitrogen and oxygen atoms in total. The average Bonchev–Trinajstić information content (AvgIpc) is 3.55. The molecule has 3 aromatic rings. The molecule has 0 unspecified atom stereocenters. The van der Waals surface area contributed by atoms with Gasteiger partial charge in [-0.15, -0.1) is 21.5 Å². The molecular formula is C36H50ClN5OS2. The molecule has 45 heavy (non-hydrogen) atoms. The van der Waals surface area contributed by atoms with E-state index in [1.54, 1.807) is 23.1 Å². The van der Waals surface area contributed by atoms with Gasteiger partial charge in [0.25, 0.3) is 0 Å². The fraction of sp³-hybridized carbons (Fsp3) is 0.611. The van der Waals surface area contributed by atoms with Crippen molar-refractivity contribution >= 4 is 46.3 Å². The lowest BCUT2D eigenvalue weighted by Crippen LogP contribution is -2.36. The number of aliphatic imine (C=N–C) groups is 1. The van der Waals surface area contributed by atoms with Crippen LogP contribution in [0.2, 0.25) is 5.02 Å². The summed E-state index contributed by atoms with van der Waals surface area (Å²) in [5.74, 6) is 3.58. The van der Waals surface area contributed by atoms with Gasteiger partial charge in [0.1, 0.15) is 17.4 Å². The van der Waals surface area contributed by atoms with Crippen molar-refractivity contribution in [3.8, 4) is 5.00 Å². The molecule has 0 bridgehead atoms. The van der Waals surface area contributed by atoms with Crippen molar-refractivity contribution in [2.24, 2.45) is 4.99 Å². The normalized spacial score (nSPS) is 14.1. The Kier molecular flexibility index (Phi) is 13.4. The SMILES string of the molecule is CCCCCCCCCCCCCCCCSCC(=O)N1CCc2c(sc3c2C(c2ccccc2Cl)=NCc2nnc(C)n2-3)C1. The summed E-state index contributed by atoms with van der Waals surface area (Å²) in [6, 6.07) is 7.93. The summed E-state index contributed by atoms with van der Waals surface area (Å²) >= 11 is 10.2. The molecule has 9 heteroatoms. The van der Waals surface area contributed by atoms with Gasteiger partial charge in [-0.05, 0) is 37.1 Å². The van der Waals surface area contributed by atoms with E-state index in [4.69, 9.17) is 16.6 Å². The number of thiophene rings is 1. The third kappa shape index (κ3) is 9.01. The van der Waals surface area contributed by atoms with E-state index in [1.165, 1.54) is 100 Å². The lowest BCUT2D eigenvalue weighted by Gasteiger charge is -2.27. The largest absolute Gasteiger partial charge is 0.336 e. The predicted octanol–water partition coefficient (Wildman–Crippen LogP) is 9.74. The first-order valence-corrected chi connectivity index (χ1v) is 19.6. The summed E-state index contributed by atoms with van der Waals surface area (Å²) in [7, 11) is 0. The molecule has 2 aliphatic rings. The van der Waals surface area contributed by atoms with Gasteiger partial charge in [0, 0.05) is 27.6 Å². The Morgan fingerprint density at radius 1 is 0.933 bits per heavy atom. The van der Waals surface area contributed by atoms with Crippen LogP contribution in [0.3, 0.4) is 0 Å². The van der Waals surface area contributed by atoms with Crippen molar-refractivity contribution in [2.75, 3.05) is 18.1 Å². The summed E-state index contributed by atoms with van der Waals surface area (Å²) in [5.41, 5.74) is 4.27. The average molecular weight is 668 g/mol. The van der Waals surface area contributed by atoms with Gasteiger partial charge in [-0.3, -0.25) is 14.4 Å². The number of amides is 1. The second-order valence-corrected chi connectivity index (χ2v) is 15.1. The van der Waals surface area contributed by atoms with E-state index in [1.807, 2.05) is 36.1 Å². The number of rotatable bonds is 18. The maximum atomic E-state index is 13.2. The number of aromatic nitrogens is 3. The van der Waals surface area contributed by atoms with E-state index in [2.05, 4.69) is 21.7 Å². The van der Waals surface area contributed by atoms with Crippen molar-refractivity contribution in [3.63, 3.8) is 0 Å². The highest BCUT2D eigenvalue weighted by Crippen LogP contribution is 2.40. The molecule has 0 aliphatic carbocycles. The van der Waals surface area contributed by atoms with Crippen molar-refractivity contribution < 1.29 is 4.79 Å². The van der Waals surface area contributed by atoms with Crippen LogP contribution in [0.15, 0.2) is 29.3 Å². The molecule has 0 atom stereocenters. The zero-order valence-corrected chi connectivity index (χ0v) is 29.7. The fourth-order valence-corrected chi connectivity index (χ4v) is 9.09. The second-order valence-electron chi connectivity index (χ2n) is 12.5. The quantitative estimate of drug-likeness (QED) is 0.127. The number of hydrogen-bond donors (Lipinski definition) is 0. The molecule has 2 aliphatic heterocycles. The van der Waals surface area contributed by atoms with E-state index in [0.717, 1.165) is 52.2 Å². The molecule has 0 fully saturated rings. The second kappa shape index (κ2) is 17.7. The van der Waals surface area contributed by atoms with Crippen molar-refractivity contribution in [2.45, 2.75) is 123 Å². The predicted molar refractivity (Wildman–Crippen MR) is 192 cm³/mol. The first-order valence-electron chi connectivity index (χ1n) is 17.3. The van der Waals surface area contributed by atoms with Gasteiger partial charge in [-0.25, -0.2) is 0 Å². The molecule has 0 saturated heterocycles. The van der Waals surface area contributed by atoms with Crippen LogP contribution in [0.1, 0.15) is 130 Å². The Morgan fingerprint density at radius 3 is 2.29 bits per heavy atom. The zero-order valence-electron chi connectivity index (χ0n) is 27.3. The topological polar surface area (TPSA) is 63.4 Å². The smallest absolute Gasteiger partial charge is 0.232 e. The highest BCUT2D eigenvalue weighted by molar-refractivity contribution is 7.99. The Bertz CT molecular complexity index is 1430. The zero-order chi connectivity index (χ0) is 31.4. The third-order valence-electron chi connectivity index (χ3n) is 9.10. The monoisotopic (exact) mass is 667 g/mol. The van der Waals surface area contributed by atoms with E-state index >= 15 is 0 Å². The van der Waals surface area contributed by atoms with Crippen LogP contribution in [0, 0.1) is 6.92 Å². The molecule has 0 N–H and O–H groups in total. The minimum absolute atomic E-state index is 0.251. The third-order valence-corrected chi connectivity index (χ3v) is 11.7. The van der Waals surface area contributed by atoms with Gasteiger partial charge in [0.2, 0.25) is 5.91 Å². The van der Waals surface area contributed by atoms with Crippen molar-refractivity contribution in [3.05, 3.63) is 62.5 Å². The van der Waals surface area contributed by atoms with Crippen LogP contribution in [0.5, 0.6) is 0 Å². The molecule has 4 heterocycles. The molecule has 5 rings (SSSR count). The molecule has 0 radical (unpaired) electrons. The minimum Gasteiger partial charge on any atom is -0.336 e. The Balaban J connectivity index is 1.05. The lowest BCUT2D eigenvalue weighted by atomic mass is 9.95. The van der Waals surface area contributed by atoms with Gasteiger partial charge in [0.15, 0.2) is 5.82 Å². The van der Waals surface area contributed by atoms with Gasteiger partial charge < -0.3 is 4.90 Å². The molecule has 0 saturated carbocycles. The van der Waals surface area contributed by atoms with E-state index in [9.17, 15) is 4.79 Å². The molecule has 1 amide bonds. The fourth-order valence-electron chi connectivity index (χ4n) is 6.53. The van der Waals surface area contributed by atoms with E-state index in [0.29, 0.717) is 23.9 Å². The van der Waals surface area contributed by atoms with Crippen LogP contribution >= 0.6 is 34.7 Å². The van der Waals surface area contributed by atoms with E-state index < -0.39 is 0 Å². The van der Waals surface area contributed by atoms with Crippen LogP contribution < -0.4 is 0 Å². The highest BCUT2D eigenvalue weighted by Gasteiger charge is 2.33. The summed E-state index contributed by atoms with van der Waals surface area (Å²) in [6.45, 7) is 6.12. The number of halogens is 1. The Labute approximate surface area is 283 Å². The summed E-state index contributed by atoms with van der Waals surface area (Å²) in [4.78, 5) is 21.5. The van der Waals surface area contributed by atoms with Crippen LogP contribution in [0.25, 0.3) is 5.00 Å². The van der Waals surface area contributed by atoms with Crippen LogP contribution in [0.4, 0.5) is 0 Å².